The van der Waals surface area contributed by atoms with Gasteiger partial charge in [0, 0.05) is 42.3 Å². The summed E-state index contributed by atoms with van der Waals surface area (Å²) in [6, 6.07) is 5.51. The number of rotatable bonds is 4. The first-order chi connectivity index (χ1) is 9.75. The topological polar surface area (TPSA) is 80.4 Å². The molecule has 0 atom stereocenters. The molecule has 6 heteroatoms. The molecule has 20 heavy (non-hydrogen) atoms. The van der Waals surface area contributed by atoms with Crippen LogP contribution in [-0.4, -0.2) is 30.7 Å². The summed E-state index contributed by atoms with van der Waals surface area (Å²) in [5, 5.41) is 13.4. The number of hydrogen-bond donors (Lipinski definition) is 1. The third kappa shape index (κ3) is 2.23. The van der Waals surface area contributed by atoms with Gasteiger partial charge in [0.05, 0.1) is 5.69 Å². The van der Waals surface area contributed by atoms with Gasteiger partial charge >= 0.3 is 5.97 Å². The second kappa shape index (κ2) is 5.08. The van der Waals surface area contributed by atoms with Crippen LogP contribution in [0.25, 0.3) is 16.9 Å². The Balaban J connectivity index is 2.15. The highest BCUT2D eigenvalue weighted by Crippen LogP contribution is 2.25. The average Bonchev–Trinajstić information content (AvgIpc) is 2.84. The van der Waals surface area contributed by atoms with Gasteiger partial charge in [-0.2, -0.15) is 5.10 Å². The summed E-state index contributed by atoms with van der Waals surface area (Å²) < 4.78 is 1.67. The molecule has 3 aromatic heterocycles. The van der Waals surface area contributed by atoms with Crippen LogP contribution in [0.1, 0.15) is 12.0 Å². The van der Waals surface area contributed by atoms with Crippen molar-refractivity contribution >= 4 is 11.6 Å². The van der Waals surface area contributed by atoms with Crippen molar-refractivity contribution in [2.24, 2.45) is 0 Å². The van der Waals surface area contributed by atoms with Crippen LogP contribution in [0.15, 0.2) is 43.0 Å². The van der Waals surface area contributed by atoms with Gasteiger partial charge in [-0.05, 0) is 24.6 Å². The monoisotopic (exact) mass is 268 g/mol. The van der Waals surface area contributed by atoms with Crippen LogP contribution < -0.4 is 0 Å². The van der Waals surface area contributed by atoms with E-state index in [1.165, 1.54) is 0 Å². The molecule has 0 amide bonds. The lowest BCUT2D eigenvalue weighted by molar-refractivity contribution is -0.136. The summed E-state index contributed by atoms with van der Waals surface area (Å²) in [6.45, 7) is 0. The zero-order chi connectivity index (χ0) is 13.9. The van der Waals surface area contributed by atoms with Crippen molar-refractivity contribution in [1.82, 2.24) is 19.6 Å². The second-order valence-corrected chi connectivity index (χ2v) is 4.35. The van der Waals surface area contributed by atoms with E-state index in [1.54, 1.807) is 35.4 Å². The molecule has 6 nitrogen and oxygen atoms in total. The fourth-order valence-corrected chi connectivity index (χ4v) is 2.13. The van der Waals surface area contributed by atoms with E-state index in [9.17, 15) is 4.79 Å². The highest BCUT2D eigenvalue weighted by molar-refractivity contribution is 5.72. The van der Waals surface area contributed by atoms with Crippen LogP contribution in [0.5, 0.6) is 0 Å². The maximum Gasteiger partial charge on any atom is 0.303 e. The Labute approximate surface area is 114 Å². The minimum absolute atomic E-state index is 0.0468. The number of hydrogen-bond acceptors (Lipinski definition) is 4. The lowest BCUT2D eigenvalue weighted by Gasteiger charge is -2.00. The quantitative estimate of drug-likeness (QED) is 0.780. The molecular formula is C14H12N4O2. The lowest BCUT2D eigenvalue weighted by Crippen LogP contribution is -1.99. The third-order valence-electron chi connectivity index (χ3n) is 3.01. The average molecular weight is 268 g/mol. The van der Waals surface area contributed by atoms with Crippen molar-refractivity contribution < 1.29 is 9.90 Å². The van der Waals surface area contributed by atoms with E-state index >= 15 is 0 Å². The van der Waals surface area contributed by atoms with Crippen molar-refractivity contribution in [2.75, 3.05) is 0 Å². The standard InChI is InChI=1S/C14H12N4O2/c19-12(20)5-4-11-13(10-3-1-6-15-9-10)17-18-8-2-7-16-14(11)18/h1-3,6-9H,4-5H2,(H,19,20). The minimum Gasteiger partial charge on any atom is -0.481 e. The number of carboxylic acid groups (broad SMARTS) is 1. The van der Waals surface area contributed by atoms with Gasteiger partial charge in [-0.15, -0.1) is 0 Å². The van der Waals surface area contributed by atoms with Gasteiger partial charge < -0.3 is 5.11 Å². The maximum absolute atomic E-state index is 10.8. The first-order valence-corrected chi connectivity index (χ1v) is 6.20. The molecule has 0 unspecified atom stereocenters. The van der Waals surface area contributed by atoms with Crippen molar-refractivity contribution in [3.05, 3.63) is 48.5 Å². The Bertz CT molecular complexity index is 752. The van der Waals surface area contributed by atoms with Gasteiger partial charge in [0.25, 0.3) is 0 Å². The van der Waals surface area contributed by atoms with Crippen molar-refractivity contribution in [3.63, 3.8) is 0 Å². The van der Waals surface area contributed by atoms with E-state index < -0.39 is 5.97 Å². The third-order valence-corrected chi connectivity index (χ3v) is 3.01. The predicted molar refractivity (Wildman–Crippen MR) is 72.2 cm³/mol. The van der Waals surface area contributed by atoms with Crippen LogP contribution in [0.4, 0.5) is 0 Å². The molecule has 0 fully saturated rings. The van der Waals surface area contributed by atoms with Gasteiger partial charge in [0.2, 0.25) is 0 Å². The maximum atomic E-state index is 10.8. The minimum atomic E-state index is -0.836. The first-order valence-electron chi connectivity index (χ1n) is 6.20. The Morgan fingerprint density at radius 1 is 1.30 bits per heavy atom. The van der Waals surface area contributed by atoms with Crippen LogP contribution in [0.3, 0.4) is 0 Å². The molecule has 100 valence electrons. The molecule has 3 heterocycles. The molecule has 0 aliphatic carbocycles. The summed E-state index contributed by atoms with van der Waals surface area (Å²) in [4.78, 5) is 19.2. The van der Waals surface area contributed by atoms with E-state index in [2.05, 4.69) is 15.1 Å². The Hall–Kier alpha value is -2.76. The SMILES string of the molecule is O=C(O)CCc1c(-c2cccnc2)nn2cccnc12. The number of aromatic nitrogens is 4. The molecule has 3 rings (SSSR count). The summed E-state index contributed by atoms with van der Waals surface area (Å²) in [6.07, 6.45) is 7.31. The largest absolute Gasteiger partial charge is 0.481 e. The van der Waals surface area contributed by atoms with Gasteiger partial charge in [-0.3, -0.25) is 9.78 Å². The second-order valence-electron chi connectivity index (χ2n) is 4.35. The van der Waals surface area contributed by atoms with E-state index in [0.717, 1.165) is 16.8 Å². The summed E-state index contributed by atoms with van der Waals surface area (Å²) in [5.74, 6) is -0.836. The number of carboxylic acids is 1. The fraction of sp³-hybridized carbons (Fsp3) is 0.143. The zero-order valence-corrected chi connectivity index (χ0v) is 10.6. The molecule has 0 aliphatic rings. The van der Waals surface area contributed by atoms with Gasteiger partial charge in [-0.25, -0.2) is 9.50 Å². The van der Waals surface area contributed by atoms with E-state index in [4.69, 9.17) is 5.11 Å². The zero-order valence-electron chi connectivity index (χ0n) is 10.6. The van der Waals surface area contributed by atoms with E-state index in [1.807, 2.05) is 12.1 Å². The number of aliphatic carboxylic acids is 1. The molecule has 0 bridgehead atoms. The normalized spacial score (nSPS) is 10.8. The Morgan fingerprint density at radius 3 is 2.95 bits per heavy atom. The molecule has 0 saturated carbocycles. The van der Waals surface area contributed by atoms with Crippen LogP contribution in [0, 0.1) is 0 Å². The number of pyridine rings is 1. The lowest BCUT2D eigenvalue weighted by atomic mass is 10.1. The fourth-order valence-electron chi connectivity index (χ4n) is 2.13. The molecular weight excluding hydrogens is 256 g/mol. The van der Waals surface area contributed by atoms with Gasteiger partial charge in [0.1, 0.15) is 0 Å². The molecule has 1 N–H and O–H groups in total. The van der Waals surface area contributed by atoms with Crippen LogP contribution in [0.2, 0.25) is 0 Å². The molecule has 0 aromatic carbocycles. The van der Waals surface area contributed by atoms with Gasteiger partial charge in [0.15, 0.2) is 5.65 Å². The molecule has 0 saturated heterocycles. The molecule has 0 spiro atoms. The number of carbonyl (C=O) groups is 1. The van der Waals surface area contributed by atoms with Crippen molar-refractivity contribution in [2.45, 2.75) is 12.8 Å². The number of fused-ring (bicyclic) bond motifs is 1. The Kier molecular flexibility index (Phi) is 3.12. The van der Waals surface area contributed by atoms with Crippen molar-refractivity contribution in [1.29, 1.82) is 0 Å². The molecule has 0 radical (unpaired) electrons. The van der Waals surface area contributed by atoms with E-state index in [-0.39, 0.29) is 6.42 Å². The van der Waals surface area contributed by atoms with E-state index in [0.29, 0.717) is 12.1 Å². The highest BCUT2D eigenvalue weighted by atomic mass is 16.4. The highest BCUT2D eigenvalue weighted by Gasteiger charge is 2.16. The first kappa shape index (κ1) is 12.3. The predicted octanol–water partition coefficient (Wildman–Crippen LogP) is 1.81. The van der Waals surface area contributed by atoms with Gasteiger partial charge in [-0.1, -0.05) is 0 Å². The van der Waals surface area contributed by atoms with Crippen LogP contribution in [-0.2, 0) is 11.2 Å². The molecule has 3 aromatic rings. The van der Waals surface area contributed by atoms with Crippen molar-refractivity contribution in [3.8, 4) is 11.3 Å². The number of aryl methyl sites for hydroxylation is 1. The summed E-state index contributed by atoms with van der Waals surface area (Å²) in [5.41, 5.74) is 3.12. The van der Waals surface area contributed by atoms with Crippen LogP contribution >= 0.6 is 0 Å². The Morgan fingerprint density at radius 2 is 2.20 bits per heavy atom. The number of nitrogens with zero attached hydrogens (tertiary/aromatic N) is 4. The summed E-state index contributed by atoms with van der Waals surface area (Å²) >= 11 is 0. The summed E-state index contributed by atoms with van der Waals surface area (Å²) in [7, 11) is 0. The smallest absolute Gasteiger partial charge is 0.303 e. The molecule has 0 aliphatic heterocycles.